The van der Waals surface area contributed by atoms with E-state index in [1.807, 2.05) is 36.4 Å². The van der Waals surface area contributed by atoms with Crippen molar-refractivity contribution in [1.82, 2.24) is 0 Å². The highest BCUT2D eigenvalue weighted by Gasteiger charge is 2.14. The van der Waals surface area contributed by atoms with Crippen LogP contribution in [-0.4, -0.2) is 0 Å². The van der Waals surface area contributed by atoms with Crippen LogP contribution < -0.4 is 5.43 Å². The number of fused-ring (bicyclic) bond motifs is 2. The number of benzene rings is 4. The van der Waals surface area contributed by atoms with Crippen LogP contribution in [0.15, 0.2) is 123 Å². The second-order valence-corrected chi connectivity index (χ2v) is 9.92. The van der Waals surface area contributed by atoms with Gasteiger partial charge in [0.15, 0.2) is 5.43 Å². The molecule has 5 aromatic rings. The molecule has 0 amide bonds. The summed E-state index contributed by atoms with van der Waals surface area (Å²) in [6, 6.07) is 35.5. The van der Waals surface area contributed by atoms with Crippen molar-refractivity contribution in [1.29, 1.82) is 0 Å². The molecule has 0 unspecified atom stereocenters. The van der Waals surface area contributed by atoms with Gasteiger partial charge in [-0.15, -0.1) is 11.3 Å². The van der Waals surface area contributed by atoms with Crippen LogP contribution in [-0.2, 0) is 0 Å². The van der Waals surface area contributed by atoms with Gasteiger partial charge in [-0.05, 0) is 69.3 Å². The first kappa shape index (κ1) is 17.2. The van der Waals surface area contributed by atoms with Gasteiger partial charge in [-0.1, -0.05) is 48.5 Å². The van der Waals surface area contributed by atoms with Gasteiger partial charge in [-0.2, -0.15) is 10.9 Å². The first-order valence-electron chi connectivity index (χ1n) is 9.17. The van der Waals surface area contributed by atoms with Gasteiger partial charge in [0.25, 0.3) is 0 Å². The van der Waals surface area contributed by atoms with E-state index >= 15 is 0 Å². The van der Waals surface area contributed by atoms with Crippen LogP contribution in [0.4, 0.5) is 0 Å². The van der Waals surface area contributed by atoms with Crippen molar-refractivity contribution in [3.8, 4) is 0 Å². The molecule has 1 aromatic heterocycles. The van der Waals surface area contributed by atoms with Crippen LogP contribution in [0.1, 0.15) is 0 Å². The SMILES string of the molecule is O=c1c2ccccc2sc2ccc([SH](c3ccccc3)c3ccccc3)cc12. The van der Waals surface area contributed by atoms with Crippen molar-refractivity contribution in [3.05, 3.63) is 113 Å². The molecule has 3 heteroatoms. The molecule has 0 radical (unpaired) electrons. The van der Waals surface area contributed by atoms with E-state index in [2.05, 4.69) is 66.7 Å². The summed E-state index contributed by atoms with van der Waals surface area (Å²) < 4.78 is 2.09. The fourth-order valence-electron chi connectivity index (χ4n) is 3.53. The molecule has 1 heterocycles. The Bertz CT molecular complexity index is 1290. The maximum Gasteiger partial charge on any atom is 0.195 e. The summed E-state index contributed by atoms with van der Waals surface area (Å²) in [5.41, 5.74) is 0.127. The molecular formula is C25H18OS2. The summed E-state index contributed by atoms with van der Waals surface area (Å²) in [5, 5.41) is 1.63. The lowest BCUT2D eigenvalue weighted by Gasteiger charge is -2.23. The van der Waals surface area contributed by atoms with E-state index in [0.717, 1.165) is 20.2 Å². The third-order valence-electron chi connectivity index (χ3n) is 4.85. The van der Waals surface area contributed by atoms with Gasteiger partial charge in [0, 0.05) is 20.2 Å². The van der Waals surface area contributed by atoms with E-state index in [-0.39, 0.29) is 5.43 Å². The average molecular weight is 399 g/mol. The summed E-state index contributed by atoms with van der Waals surface area (Å²) in [4.78, 5) is 16.9. The molecule has 0 N–H and O–H groups in total. The van der Waals surface area contributed by atoms with E-state index in [1.54, 1.807) is 11.3 Å². The molecule has 0 aliphatic carbocycles. The Balaban J connectivity index is 1.76. The highest BCUT2D eigenvalue weighted by Crippen LogP contribution is 2.51. The Hall–Kier alpha value is -2.88. The van der Waals surface area contributed by atoms with Crippen molar-refractivity contribution in [3.63, 3.8) is 0 Å². The lowest BCUT2D eigenvalue weighted by Crippen LogP contribution is -2.01. The van der Waals surface area contributed by atoms with Crippen molar-refractivity contribution < 1.29 is 0 Å². The molecule has 0 bridgehead atoms. The molecule has 0 saturated carbocycles. The minimum atomic E-state index is -0.709. The van der Waals surface area contributed by atoms with Crippen LogP contribution in [0, 0.1) is 0 Å². The lowest BCUT2D eigenvalue weighted by molar-refractivity contribution is 1.34. The van der Waals surface area contributed by atoms with Gasteiger partial charge < -0.3 is 0 Å². The zero-order valence-electron chi connectivity index (χ0n) is 15.1. The summed E-state index contributed by atoms with van der Waals surface area (Å²) in [7, 11) is -0.709. The number of thiol groups is 1. The van der Waals surface area contributed by atoms with Gasteiger partial charge in [-0.25, -0.2) is 0 Å². The molecule has 1 nitrogen and oxygen atoms in total. The second kappa shape index (κ2) is 7.27. The molecule has 5 rings (SSSR count). The summed E-state index contributed by atoms with van der Waals surface area (Å²) in [6.07, 6.45) is 0. The number of rotatable bonds is 3. The molecule has 136 valence electrons. The zero-order valence-corrected chi connectivity index (χ0v) is 16.8. The highest BCUT2D eigenvalue weighted by molar-refractivity contribution is 8.17. The molecule has 0 aliphatic heterocycles. The summed E-state index contributed by atoms with van der Waals surface area (Å²) >= 11 is 1.68. The summed E-state index contributed by atoms with van der Waals surface area (Å²) in [6.45, 7) is 0. The largest absolute Gasteiger partial charge is 0.289 e. The van der Waals surface area contributed by atoms with Crippen molar-refractivity contribution in [2.45, 2.75) is 14.7 Å². The smallest absolute Gasteiger partial charge is 0.195 e. The predicted octanol–water partition coefficient (Wildman–Crippen LogP) is 6.89. The average Bonchev–Trinajstić information content (AvgIpc) is 2.76. The first-order chi connectivity index (χ1) is 13.8. The van der Waals surface area contributed by atoms with Gasteiger partial charge in [0.1, 0.15) is 0 Å². The second-order valence-electron chi connectivity index (χ2n) is 6.61. The van der Waals surface area contributed by atoms with E-state index in [9.17, 15) is 4.79 Å². The van der Waals surface area contributed by atoms with Crippen LogP contribution in [0.3, 0.4) is 0 Å². The molecule has 0 saturated heterocycles. The maximum absolute atomic E-state index is 13.1. The van der Waals surface area contributed by atoms with Crippen molar-refractivity contribution >= 4 is 42.4 Å². The van der Waals surface area contributed by atoms with E-state index < -0.39 is 10.9 Å². The van der Waals surface area contributed by atoms with Gasteiger partial charge >= 0.3 is 0 Å². The van der Waals surface area contributed by atoms with E-state index in [4.69, 9.17) is 0 Å². The standard InChI is InChI=1S/C25H18OS2/c26-25-21-13-7-8-14-23(21)27-24-16-15-20(17-22(24)25)28(18-9-3-1-4-10-18)19-11-5-2-6-12-19/h1-17,28H. The zero-order chi connectivity index (χ0) is 18.9. The number of hydrogen-bond acceptors (Lipinski definition) is 2. The Morgan fingerprint density at radius 1 is 0.536 bits per heavy atom. The molecule has 0 fully saturated rings. The molecule has 0 aliphatic rings. The van der Waals surface area contributed by atoms with Crippen LogP contribution >= 0.6 is 22.2 Å². The minimum absolute atomic E-state index is 0.127. The van der Waals surface area contributed by atoms with E-state index in [0.29, 0.717) is 0 Å². The maximum atomic E-state index is 13.1. The normalized spacial score (nSPS) is 11.6. The fourth-order valence-corrected chi connectivity index (χ4v) is 6.90. The van der Waals surface area contributed by atoms with Gasteiger partial charge in [0.05, 0.1) is 0 Å². The van der Waals surface area contributed by atoms with Crippen molar-refractivity contribution in [2.24, 2.45) is 0 Å². The molecule has 0 spiro atoms. The Labute approximate surface area is 170 Å². The van der Waals surface area contributed by atoms with Crippen LogP contribution in [0.5, 0.6) is 0 Å². The molecule has 4 aromatic carbocycles. The minimum Gasteiger partial charge on any atom is -0.289 e. The van der Waals surface area contributed by atoms with E-state index in [1.165, 1.54) is 14.7 Å². The van der Waals surface area contributed by atoms with Gasteiger partial charge in [-0.3, -0.25) is 4.79 Å². The third kappa shape index (κ3) is 3.03. The molecular weight excluding hydrogens is 380 g/mol. The highest BCUT2D eigenvalue weighted by atomic mass is 32.2. The predicted molar refractivity (Wildman–Crippen MR) is 122 cm³/mol. The van der Waals surface area contributed by atoms with Crippen molar-refractivity contribution in [2.75, 3.05) is 0 Å². The first-order valence-corrected chi connectivity index (χ1v) is 11.3. The summed E-state index contributed by atoms with van der Waals surface area (Å²) in [5.74, 6) is 0. The quantitative estimate of drug-likeness (QED) is 0.258. The Morgan fingerprint density at radius 3 is 1.79 bits per heavy atom. The number of hydrogen-bond donors (Lipinski definition) is 1. The van der Waals surface area contributed by atoms with Crippen LogP contribution in [0.25, 0.3) is 20.2 Å². The topological polar surface area (TPSA) is 17.1 Å². The molecule has 0 atom stereocenters. The molecule has 28 heavy (non-hydrogen) atoms. The van der Waals surface area contributed by atoms with Crippen LogP contribution in [0.2, 0.25) is 0 Å². The van der Waals surface area contributed by atoms with Gasteiger partial charge in [0.2, 0.25) is 0 Å². The third-order valence-corrected chi connectivity index (χ3v) is 8.42. The Kier molecular flexibility index (Phi) is 4.47. The Morgan fingerprint density at radius 2 is 1.11 bits per heavy atom. The lowest BCUT2D eigenvalue weighted by atomic mass is 10.2. The monoisotopic (exact) mass is 398 g/mol. The fraction of sp³-hybridized carbons (Fsp3) is 0.